The van der Waals surface area contributed by atoms with Crippen LogP contribution in [-0.2, 0) is 23.0 Å². The lowest BCUT2D eigenvalue weighted by atomic mass is 10.1. The fourth-order valence-corrected chi connectivity index (χ4v) is 3.96. The summed E-state index contributed by atoms with van der Waals surface area (Å²) in [5.41, 5.74) is 7.09. The minimum absolute atomic E-state index is 0.246. The Kier molecular flexibility index (Phi) is 4.36. The number of anilines is 1. The van der Waals surface area contributed by atoms with Crippen molar-refractivity contribution in [2.75, 3.05) is 4.72 Å². The van der Waals surface area contributed by atoms with Crippen molar-refractivity contribution in [3.05, 3.63) is 34.3 Å². The van der Waals surface area contributed by atoms with E-state index >= 15 is 0 Å². The molecule has 0 fully saturated rings. The van der Waals surface area contributed by atoms with Crippen molar-refractivity contribution in [3.63, 3.8) is 0 Å². The van der Waals surface area contributed by atoms with Crippen molar-refractivity contribution in [2.24, 2.45) is 5.73 Å². The van der Waals surface area contributed by atoms with Gasteiger partial charge in [-0.05, 0) is 30.5 Å². The van der Waals surface area contributed by atoms with Crippen molar-refractivity contribution in [1.82, 2.24) is 10.2 Å². The Labute approximate surface area is 122 Å². The number of nitrogens with two attached hydrogens (primary N) is 1. The fraction of sp³-hybridized carbons (Fsp3) is 0.333. The van der Waals surface area contributed by atoms with Crippen LogP contribution in [-0.4, -0.2) is 18.6 Å². The van der Waals surface area contributed by atoms with Gasteiger partial charge >= 0.3 is 0 Å². The molecule has 1 heterocycles. The summed E-state index contributed by atoms with van der Waals surface area (Å²) in [6.07, 6.45) is 0.621. The van der Waals surface area contributed by atoms with E-state index in [9.17, 15) is 8.42 Å². The van der Waals surface area contributed by atoms with Crippen LogP contribution in [0, 0.1) is 6.92 Å². The Morgan fingerprint density at radius 3 is 2.65 bits per heavy atom. The van der Waals surface area contributed by atoms with Crippen LogP contribution < -0.4 is 10.5 Å². The van der Waals surface area contributed by atoms with Crippen molar-refractivity contribution in [1.29, 1.82) is 0 Å². The van der Waals surface area contributed by atoms with Crippen LogP contribution in [0.3, 0.4) is 0 Å². The first-order chi connectivity index (χ1) is 9.46. The molecule has 0 saturated carbocycles. The average molecular weight is 312 g/mol. The average Bonchev–Trinajstić information content (AvgIpc) is 2.82. The fourth-order valence-electron chi connectivity index (χ4n) is 1.78. The van der Waals surface area contributed by atoms with E-state index in [-0.39, 0.29) is 10.0 Å². The number of rotatable bonds is 5. The van der Waals surface area contributed by atoms with Gasteiger partial charge in [0.1, 0.15) is 5.01 Å². The quantitative estimate of drug-likeness (QED) is 0.875. The predicted octanol–water partition coefficient (Wildman–Crippen LogP) is 1.67. The van der Waals surface area contributed by atoms with Crippen molar-refractivity contribution >= 4 is 26.5 Å². The number of hydrogen-bond donors (Lipinski definition) is 2. The molecule has 108 valence electrons. The van der Waals surface area contributed by atoms with Crippen LogP contribution in [0.5, 0.6) is 0 Å². The Balaban J connectivity index is 2.42. The summed E-state index contributed by atoms with van der Waals surface area (Å²) in [6, 6.07) is 5.24. The summed E-state index contributed by atoms with van der Waals surface area (Å²) >= 11 is 1.20. The zero-order valence-electron chi connectivity index (χ0n) is 11.3. The molecular weight excluding hydrogens is 296 g/mol. The minimum Gasteiger partial charge on any atom is -0.326 e. The number of aryl methyl sites for hydroxylation is 2. The van der Waals surface area contributed by atoms with E-state index in [1.807, 2.05) is 13.0 Å². The smallest absolute Gasteiger partial charge is 0.263 e. The Bertz CT molecular complexity index is 710. The van der Waals surface area contributed by atoms with Crippen LogP contribution in [0.1, 0.15) is 23.1 Å². The molecule has 0 aliphatic carbocycles. The summed E-state index contributed by atoms with van der Waals surface area (Å²) in [5.74, 6) is 0. The van der Waals surface area contributed by atoms with Gasteiger partial charge in [0.15, 0.2) is 0 Å². The maximum absolute atomic E-state index is 12.4. The van der Waals surface area contributed by atoms with Gasteiger partial charge in [0, 0.05) is 6.54 Å². The summed E-state index contributed by atoms with van der Waals surface area (Å²) in [5, 5.41) is 8.54. The molecular formula is C12H16N4O2S2. The summed E-state index contributed by atoms with van der Waals surface area (Å²) < 4.78 is 27.3. The molecule has 0 radical (unpaired) electrons. The highest BCUT2D eigenvalue weighted by molar-refractivity contribution is 7.93. The first kappa shape index (κ1) is 14.9. The Hall–Kier alpha value is -1.51. The molecule has 0 unspecified atom stereocenters. The first-order valence-electron chi connectivity index (χ1n) is 6.11. The van der Waals surface area contributed by atoms with Crippen LogP contribution in [0.2, 0.25) is 0 Å². The number of hydrogen-bond acceptors (Lipinski definition) is 6. The molecule has 3 N–H and O–H groups in total. The molecule has 2 aromatic rings. The molecule has 1 aromatic heterocycles. The Morgan fingerprint density at radius 2 is 2.10 bits per heavy atom. The van der Waals surface area contributed by atoms with E-state index in [2.05, 4.69) is 14.9 Å². The molecule has 8 heteroatoms. The molecule has 6 nitrogen and oxygen atoms in total. The normalized spacial score (nSPS) is 11.6. The molecule has 0 aliphatic heterocycles. The van der Waals surface area contributed by atoms with Gasteiger partial charge in [-0.15, -0.1) is 10.2 Å². The highest BCUT2D eigenvalue weighted by Crippen LogP contribution is 2.23. The van der Waals surface area contributed by atoms with Crippen molar-refractivity contribution < 1.29 is 8.42 Å². The molecule has 2 rings (SSSR count). The second kappa shape index (κ2) is 5.86. The minimum atomic E-state index is -3.67. The zero-order valence-corrected chi connectivity index (χ0v) is 12.9. The van der Waals surface area contributed by atoms with Gasteiger partial charge in [-0.2, -0.15) is 0 Å². The maximum atomic E-state index is 12.4. The van der Waals surface area contributed by atoms with Crippen LogP contribution in [0.25, 0.3) is 0 Å². The third-order valence-electron chi connectivity index (χ3n) is 2.79. The summed E-state index contributed by atoms with van der Waals surface area (Å²) in [6.45, 7) is 3.97. The van der Waals surface area contributed by atoms with Gasteiger partial charge in [0.2, 0.25) is 5.13 Å². The summed E-state index contributed by atoms with van der Waals surface area (Å²) in [7, 11) is -3.67. The molecule has 0 spiro atoms. The van der Waals surface area contributed by atoms with E-state index < -0.39 is 10.0 Å². The molecule has 20 heavy (non-hydrogen) atoms. The van der Waals surface area contributed by atoms with E-state index in [0.717, 1.165) is 11.1 Å². The van der Waals surface area contributed by atoms with E-state index in [1.54, 1.807) is 19.1 Å². The van der Waals surface area contributed by atoms with E-state index in [0.29, 0.717) is 18.0 Å². The van der Waals surface area contributed by atoms with Gasteiger partial charge in [-0.25, -0.2) is 8.42 Å². The standard InChI is InChI=1S/C12H16N4O2S2/c1-3-10-5-4-9(7-13)6-11(10)20(17,18)16-12-15-14-8(2)19-12/h4-6H,3,7,13H2,1-2H3,(H,15,16). The number of sulfonamides is 1. The molecule has 0 amide bonds. The third-order valence-corrected chi connectivity index (χ3v) is 5.09. The zero-order chi connectivity index (χ0) is 14.8. The van der Waals surface area contributed by atoms with Crippen molar-refractivity contribution in [2.45, 2.75) is 31.7 Å². The second-order valence-corrected chi connectivity index (χ2v) is 7.06. The van der Waals surface area contributed by atoms with Crippen LogP contribution in [0.15, 0.2) is 23.1 Å². The number of aromatic nitrogens is 2. The monoisotopic (exact) mass is 312 g/mol. The lowest BCUT2D eigenvalue weighted by Crippen LogP contribution is -2.15. The lowest BCUT2D eigenvalue weighted by molar-refractivity contribution is 0.600. The highest BCUT2D eigenvalue weighted by atomic mass is 32.2. The van der Waals surface area contributed by atoms with Gasteiger partial charge in [-0.1, -0.05) is 30.4 Å². The molecule has 1 aromatic carbocycles. The third kappa shape index (κ3) is 3.14. The highest BCUT2D eigenvalue weighted by Gasteiger charge is 2.20. The van der Waals surface area contributed by atoms with Gasteiger partial charge in [0.05, 0.1) is 4.90 Å². The number of nitrogens with zero attached hydrogens (tertiary/aromatic N) is 2. The first-order valence-corrected chi connectivity index (χ1v) is 8.41. The van der Waals surface area contributed by atoms with E-state index in [1.165, 1.54) is 11.3 Å². The predicted molar refractivity (Wildman–Crippen MR) is 79.2 cm³/mol. The lowest BCUT2D eigenvalue weighted by Gasteiger charge is -2.11. The van der Waals surface area contributed by atoms with Crippen LogP contribution in [0.4, 0.5) is 5.13 Å². The van der Waals surface area contributed by atoms with Gasteiger partial charge in [-0.3, -0.25) is 4.72 Å². The largest absolute Gasteiger partial charge is 0.326 e. The van der Waals surface area contributed by atoms with Crippen LogP contribution >= 0.6 is 11.3 Å². The molecule has 0 atom stereocenters. The van der Waals surface area contributed by atoms with Gasteiger partial charge < -0.3 is 5.73 Å². The van der Waals surface area contributed by atoms with E-state index in [4.69, 9.17) is 5.73 Å². The van der Waals surface area contributed by atoms with Gasteiger partial charge in [0.25, 0.3) is 10.0 Å². The number of benzene rings is 1. The second-order valence-electron chi connectivity index (χ2n) is 4.23. The maximum Gasteiger partial charge on any atom is 0.263 e. The topological polar surface area (TPSA) is 98.0 Å². The van der Waals surface area contributed by atoms with Crippen molar-refractivity contribution in [3.8, 4) is 0 Å². The number of nitrogens with one attached hydrogen (secondary N) is 1. The molecule has 0 bridgehead atoms. The Morgan fingerprint density at radius 1 is 1.35 bits per heavy atom. The SMILES string of the molecule is CCc1ccc(CN)cc1S(=O)(=O)Nc1nnc(C)s1. The molecule has 0 saturated heterocycles. The summed E-state index contributed by atoms with van der Waals surface area (Å²) in [4.78, 5) is 0.246. The molecule has 0 aliphatic rings.